The Labute approximate surface area is 139 Å². The van der Waals surface area contributed by atoms with Crippen molar-refractivity contribution in [2.45, 2.75) is 42.7 Å². The quantitative estimate of drug-likeness (QED) is 0.887. The van der Waals surface area contributed by atoms with Gasteiger partial charge < -0.3 is 5.73 Å². The smallest absolute Gasteiger partial charge is 0.242 e. The molecular weight excluding hydrogens is 310 g/mol. The number of sulfonamides is 1. The molecule has 3 aliphatic rings. The Hall–Kier alpha value is -0.950. The number of hydrogen-bond acceptors (Lipinski definition) is 4. The van der Waals surface area contributed by atoms with Crippen molar-refractivity contribution < 1.29 is 8.42 Å². The molecule has 2 bridgehead atoms. The molecular formula is C17H27N3O2S. The Balaban J connectivity index is 1.76. The molecule has 0 atom stereocenters. The molecule has 2 aliphatic heterocycles. The highest BCUT2D eigenvalue weighted by atomic mass is 32.2. The molecule has 3 fully saturated rings. The third kappa shape index (κ3) is 3.05. The molecule has 128 valence electrons. The summed E-state index contributed by atoms with van der Waals surface area (Å²) in [4.78, 5) is 2.88. The van der Waals surface area contributed by atoms with E-state index in [9.17, 15) is 8.42 Å². The molecule has 5 nitrogen and oxygen atoms in total. The lowest BCUT2D eigenvalue weighted by Gasteiger charge is -2.54. The van der Waals surface area contributed by atoms with Crippen LogP contribution in [0.1, 0.15) is 31.2 Å². The number of benzene rings is 1. The van der Waals surface area contributed by atoms with Crippen molar-refractivity contribution in [1.82, 2.24) is 9.21 Å². The molecule has 1 aromatic carbocycles. The van der Waals surface area contributed by atoms with Gasteiger partial charge in [0, 0.05) is 39.3 Å². The van der Waals surface area contributed by atoms with Crippen molar-refractivity contribution in [3.05, 3.63) is 29.8 Å². The highest BCUT2D eigenvalue weighted by Crippen LogP contribution is 2.43. The minimum Gasteiger partial charge on any atom is -0.329 e. The average molecular weight is 337 g/mol. The van der Waals surface area contributed by atoms with E-state index in [0.717, 1.165) is 24.6 Å². The van der Waals surface area contributed by atoms with Gasteiger partial charge in [0.15, 0.2) is 0 Å². The van der Waals surface area contributed by atoms with Gasteiger partial charge >= 0.3 is 0 Å². The molecule has 2 N–H and O–H groups in total. The number of nitrogens with two attached hydrogens (primary N) is 1. The van der Waals surface area contributed by atoms with Gasteiger partial charge in [0.25, 0.3) is 0 Å². The molecule has 1 aliphatic carbocycles. The zero-order valence-corrected chi connectivity index (χ0v) is 14.8. The molecule has 0 amide bonds. The lowest BCUT2D eigenvalue weighted by Crippen LogP contribution is -2.61. The Morgan fingerprint density at radius 1 is 1.22 bits per heavy atom. The second-order valence-electron chi connectivity index (χ2n) is 7.18. The van der Waals surface area contributed by atoms with Crippen LogP contribution in [0.4, 0.5) is 0 Å². The van der Waals surface area contributed by atoms with Gasteiger partial charge in [0.1, 0.15) is 0 Å². The SMILES string of the molecule is CN(C)S(=O)(=O)c1ccc(CN2CC3CCC2(CN)CC3)cc1. The summed E-state index contributed by atoms with van der Waals surface area (Å²) < 4.78 is 25.5. The van der Waals surface area contributed by atoms with E-state index >= 15 is 0 Å². The molecule has 1 aromatic rings. The van der Waals surface area contributed by atoms with E-state index in [0.29, 0.717) is 11.4 Å². The van der Waals surface area contributed by atoms with E-state index < -0.39 is 10.0 Å². The minimum absolute atomic E-state index is 0.156. The maximum Gasteiger partial charge on any atom is 0.242 e. The van der Waals surface area contributed by atoms with Crippen LogP contribution in [0.25, 0.3) is 0 Å². The predicted octanol–water partition coefficient (Wildman–Crippen LogP) is 1.64. The summed E-state index contributed by atoms with van der Waals surface area (Å²) in [6.07, 6.45) is 4.99. The van der Waals surface area contributed by atoms with Crippen molar-refractivity contribution in [1.29, 1.82) is 0 Å². The summed E-state index contributed by atoms with van der Waals surface area (Å²) in [7, 11) is -0.244. The topological polar surface area (TPSA) is 66.6 Å². The van der Waals surface area contributed by atoms with Gasteiger partial charge in [-0.1, -0.05) is 12.1 Å². The van der Waals surface area contributed by atoms with Crippen molar-refractivity contribution >= 4 is 10.0 Å². The summed E-state index contributed by atoms with van der Waals surface area (Å²) in [5.74, 6) is 0.803. The molecule has 6 heteroatoms. The fourth-order valence-corrected chi connectivity index (χ4v) is 4.88. The average Bonchev–Trinajstić information content (AvgIpc) is 2.56. The Bertz CT molecular complexity index is 647. The lowest BCUT2D eigenvalue weighted by molar-refractivity contribution is -0.0347. The van der Waals surface area contributed by atoms with E-state index in [-0.39, 0.29) is 5.54 Å². The van der Waals surface area contributed by atoms with Crippen LogP contribution in [0.5, 0.6) is 0 Å². The monoisotopic (exact) mass is 337 g/mol. The molecule has 2 saturated heterocycles. The van der Waals surface area contributed by atoms with E-state index in [2.05, 4.69) is 4.90 Å². The second-order valence-corrected chi connectivity index (χ2v) is 9.34. The second kappa shape index (κ2) is 6.16. The zero-order valence-electron chi connectivity index (χ0n) is 14.0. The molecule has 0 radical (unpaired) electrons. The molecule has 0 unspecified atom stereocenters. The summed E-state index contributed by atoms with van der Waals surface area (Å²) in [5.41, 5.74) is 7.42. The highest BCUT2D eigenvalue weighted by Gasteiger charge is 2.44. The first-order chi connectivity index (χ1) is 10.9. The zero-order chi connectivity index (χ0) is 16.7. The fraction of sp³-hybridized carbons (Fsp3) is 0.647. The molecule has 0 aromatic heterocycles. The van der Waals surface area contributed by atoms with Crippen LogP contribution >= 0.6 is 0 Å². The first-order valence-electron chi connectivity index (χ1n) is 8.34. The van der Waals surface area contributed by atoms with Gasteiger partial charge in [-0.3, -0.25) is 4.90 Å². The normalized spacial score (nSPS) is 28.4. The van der Waals surface area contributed by atoms with E-state index in [1.165, 1.54) is 30.0 Å². The Morgan fingerprint density at radius 2 is 1.83 bits per heavy atom. The van der Waals surface area contributed by atoms with Crippen molar-refractivity contribution in [3.63, 3.8) is 0 Å². The van der Waals surface area contributed by atoms with Crippen molar-refractivity contribution in [3.8, 4) is 0 Å². The van der Waals surface area contributed by atoms with Crippen LogP contribution in [0, 0.1) is 5.92 Å². The minimum atomic E-state index is -3.35. The third-order valence-corrected chi connectivity index (χ3v) is 7.47. The summed E-state index contributed by atoms with van der Waals surface area (Å²) >= 11 is 0. The molecule has 23 heavy (non-hydrogen) atoms. The van der Waals surface area contributed by atoms with Gasteiger partial charge in [-0.25, -0.2) is 12.7 Å². The highest BCUT2D eigenvalue weighted by molar-refractivity contribution is 7.89. The number of fused-ring (bicyclic) bond motifs is 3. The van der Waals surface area contributed by atoms with Gasteiger partial charge in [-0.05, 0) is 49.3 Å². The first-order valence-corrected chi connectivity index (χ1v) is 9.78. The maximum atomic E-state index is 12.1. The first kappa shape index (κ1) is 16.9. The van der Waals surface area contributed by atoms with Crippen LogP contribution in [-0.2, 0) is 16.6 Å². The Kier molecular flexibility index (Phi) is 4.53. The molecule has 2 heterocycles. The number of piperidine rings is 2. The van der Waals surface area contributed by atoms with Gasteiger partial charge in [0.05, 0.1) is 4.90 Å². The molecule has 4 rings (SSSR count). The summed E-state index contributed by atoms with van der Waals surface area (Å²) in [5, 5.41) is 0. The van der Waals surface area contributed by atoms with E-state index in [1.807, 2.05) is 12.1 Å². The third-order valence-electron chi connectivity index (χ3n) is 5.64. The molecule has 1 saturated carbocycles. The largest absolute Gasteiger partial charge is 0.329 e. The number of hydrogen-bond donors (Lipinski definition) is 1. The van der Waals surface area contributed by atoms with Crippen LogP contribution in [0.3, 0.4) is 0 Å². The summed E-state index contributed by atoms with van der Waals surface area (Å²) in [6, 6.07) is 7.29. The van der Waals surface area contributed by atoms with Crippen molar-refractivity contribution in [2.24, 2.45) is 11.7 Å². The van der Waals surface area contributed by atoms with Crippen LogP contribution in [0.2, 0.25) is 0 Å². The lowest BCUT2D eigenvalue weighted by atomic mass is 9.70. The fourth-order valence-electron chi connectivity index (χ4n) is 3.98. The van der Waals surface area contributed by atoms with E-state index in [1.54, 1.807) is 26.2 Å². The van der Waals surface area contributed by atoms with Crippen molar-refractivity contribution in [2.75, 3.05) is 27.2 Å². The van der Waals surface area contributed by atoms with Crippen LogP contribution in [0.15, 0.2) is 29.2 Å². The maximum absolute atomic E-state index is 12.1. The van der Waals surface area contributed by atoms with Gasteiger partial charge in [0.2, 0.25) is 10.0 Å². The van der Waals surface area contributed by atoms with E-state index in [4.69, 9.17) is 5.73 Å². The van der Waals surface area contributed by atoms with Crippen LogP contribution in [-0.4, -0.2) is 50.3 Å². The van der Waals surface area contributed by atoms with Gasteiger partial charge in [-0.15, -0.1) is 0 Å². The van der Waals surface area contributed by atoms with Gasteiger partial charge in [-0.2, -0.15) is 0 Å². The number of nitrogens with zero attached hydrogens (tertiary/aromatic N) is 2. The molecule has 0 spiro atoms. The predicted molar refractivity (Wildman–Crippen MR) is 91.5 cm³/mol. The number of rotatable bonds is 5. The van der Waals surface area contributed by atoms with Crippen LogP contribution < -0.4 is 5.73 Å². The summed E-state index contributed by atoms with van der Waals surface area (Å²) in [6.45, 7) is 2.69. The standard InChI is InChI=1S/C17H27N3O2S/c1-19(2)23(21,22)16-5-3-14(4-6-16)11-20-12-15-7-9-17(20,13-18)10-8-15/h3-6,15H,7-13,18H2,1-2H3. The Morgan fingerprint density at radius 3 is 2.35 bits per heavy atom.